The van der Waals surface area contributed by atoms with Crippen molar-refractivity contribution >= 4 is 22.4 Å². The van der Waals surface area contributed by atoms with Crippen molar-refractivity contribution in [2.75, 3.05) is 50.2 Å². The van der Waals surface area contributed by atoms with Gasteiger partial charge in [-0.2, -0.15) is 0 Å². The highest BCUT2D eigenvalue weighted by Gasteiger charge is 2.22. The van der Waals surface area contributed by atoms with Gasteiger partial charge in [0.15, 0.2) is 0 Å². The third-order valence-electron chi connectivity index (χ3n) is 5.11. The lowest BCUT2D eigenvalue weighted by Gasteiger charge is -2.37. The van der Waals surface area contributed by atoms with E-state index in [0.29, 0.717) is 0 Å². The molecule has 0 aliphatic carbocycles. The fourth-order valence-electron chi connectivity index (χ4n) is 3.72. The number of methoxy groups -OCH3 is 2. The van der Waals surface area contributed by atoms with Crippen LogP contribution in [0.25, 0.3) is 10.9 Å². The van der Waals surface area contributed by atoms with Gasteiger partial charge in [0.25, 0.3) is 0 Å². The number of para-hydroxylation sites is 1. The number of nitrogens with zero attached hydrogens (tertiary/aromatic N) is 4. The molecule has 1 saturated heterocycles. The molecule has 0 saturated carbocycles. The van der Waals surface area contributed by atoms with Crippen molar-refractivity contribution in [3.05, 3.63) is 48.3 Å². The summed E-state index contributed by atoms with van der Waals surface area (Å²) in [5.74, 6) is 2.62. The van der Waals surface area contributed by atoms with Gasteiger partial charge in [-0.25, -0.2) is 4.98 Å². The molecule has 4 rings (SSSR count). The third-order valence-corrected chi connectivity index (χ3v) is 5.11. The van der Waals surface area contributed by atoms with Crippen LogP contribution >= 0.6 is 0 Å². The highest BCUT2D eigenvalue weighted by molar-refractivity contribution is 5.96. The second-order valence-corrected chi connectivity index (χ2v) is 6.67. The molecule has 2 aromatic heterocycles. The number of aromatic nitrogens is 2. The normalized spacial score (nSPS) is 14.5. The van der Waals surface area contributed by atoms with E-state index in [2.05, 4.69) is 32.8 Å². The van der Waals surface area contributed by atoms with E-state index in [9.17, 15) is 0 Å². The van der Waals surface area contributed by atoms with E-state index in [1.54, 1.807) is 20.4 Å². The number of anilines is 2. The number of aryl methyl sites for hydroxylation is 1. The smallest absolute Gasteiger partial charge is 0.145 e. The van der Waals surface area contributed by atoms with E-state index in [4.69, 9.17) is 9.47 Å². The van der Waals surface area contributed by atoms with Crippen LogP contribution in [0.4, 0.5) is 11.5 Å². The lowest BCUT2D eigenvalue weighted by atomic mass is 10.1. The second kappa shape index (κ2) is 7.31. The first-order chi connectivity index (χ1) is 13.2. The molecule has 0 unspecified atom stereocenters. The van der Waals surface area contributed by atoms with Gasteiger partial charge >= 0.3 is 0 Å². The Balaban J connectivity index is 1.60. The summed E-state index contributed by atoms with van der Waals surface area (Å²) < 4.78 is 10.8. The van der Waals surface area contributed by atoms with Crippen molar-refractivity contribution in [2.45, 2.75) is 6.92 Å². The Bertz CT molecular complexity index is 952. The van der Waals surface area contributed by atoms with Crippen LogP contribution in [0.1, 0.15) is 5.56 Å². The van der Waals surface area contributed by atoms with Gasteiger partial charge in [0.1, 0.15) is 22.8 Å². The van der Waals surface area contributed by atoms with Gasteiger partial charge in [-0.15, -0.1) is 0 Å². The molecule has 27 heavy (non-hydrogen) atoms. The first kappa shape index (κ1) is 17.4. The minimum atomic E-state index is 0.813. The number of ether oxygens (including phenoxy) is 2. The predicted molar refractivity (Wildman–Crippen MR) is 108 cm³/mol. The SMILES string of the molecule is COc1ccnc(N2CCN(c3c(C)cnc4c(OC)cccc34)CC2)c1. The first-order valence-corrected chi connectivity index (χ1v) is 9.13. The van der Waals surface area contributed by atoms with Crippen molar-refractivity contribution in [3.63, 3.8) is 0 Å². The number of rotatable bonds is 4. The zero-order chi connectivity index (χ0) is 18.8. The number of piperazine rings is 1. The average Bonchev–Trinajstić information content (AvgIpc) is 2.73. The first-order valence-electron chi connectivity index (χ1n) is 9.13. The Morgan fingerprint density at radius 2 is 1.70 bits per heavy atom. The van der Waals surface area contributed by atoms with Gasteiger partial charge in [-0.05, 0) is 24.6 Å². The molecular formula is C21H24N4O2. The van der Waals surface area contributed by atoms with Crippen LogP contribution in [0.5, 0.6) is 11.5 Å². The summed E-state index contributed by atoms with van der Waals surface area (Å²) in [4.78, 5) is 13.8. The van der Waals surface area contributed by atoms with Crippen LogP contribution in [0.3, 0.4) is 0 Å². The molecule has 140 valence electrons. The summed E-state index contributed by atoms with van der Waals surface area (Å²) in [6, 6.07) is 9.99. The maximum atomic E-state index is 5.50. The van der Waals surface area contributed by atoms with Crippen LogP contribution < -0.4 is 19.3 Å². The van der Waals surface area contributed by atoms with Gasteiger partial charge in [0.05, 0.1) is 19.9 Å². The number of hydrogen-bond donors (Lipinski definition) is 0. The van der Waals surface area contributed by atoms with E-state index < -0.39 is 0 Å². The van der Waals surface area contributed by atoms with E-state index >= 15 is 0 Å². The summed E-state index contributed by atoms with van der Waals surface area (Å²) in [5.41, 5.74) is 3.35. The Labute approximate surface area is 159 Å². The summed E-state index contributed by atoms with van der Waals surface area (Å²) in [6.45, 7) is 5.80. The third kappa shape index (κ3) is 3.23. The molecule has 1 fully saturated rings. The largest absolute Gasteiger partial charge is 0.497 e. The van der Waals surface area contributed by atoms with Crippen molar-refractivity contribution < 1.29 is 9.47 Å². The summed E-state index contributed by atoms with van der Waals surface area (Å²) >= 11 is 0. The van der Waals surface area contributed by atoms with Crippen LogP contribution in [0, 0.1) is 6.92 Å². The van der Waals surface area contributed by atoms with Gasteiger partial charge < -0.3 is 19.3 Å². The molecule has 0 spiro atoms. The zero-order valence-electron chi connectivity index (χ0n) is 16.0. The Hall–Kier alpha value is -3.02. The number of pyridine rings is 2. The molecule has 3 aromatic rings. The summed E-state index contributed by atoms with van der Waals surface area (Å²) in [7, 11) is 3.37. The van der Waals surface area contributed by atoms with Gasteiger partial charge in [-0.3, -0.25) is 4.98 Å². The minimum absolute atomic E-state index is 0.813. The highest BCUT2D eigenvalue weighted by Crippen LogP contribution is 2.34. The molecule has 6 nitrogen and oxygen atoms in total. The van der Waals surface area contributed by atoms with Gasteiger partial charge in [0, 0.05) is 50.0 Å². The molecule has 0 radical (unpaired) electrons. The average molecular weight is 364 g/mol. The summed E-state index contributed by atoms with van der Waals surface area (Å²) in [5, 5.41) is 1.14. The predicted octanol–water partition coefficient (Wildman–Crippen LogP) is 3.28. The lowest BCUT2D eigenvalue weighted by molar-refractivity contribution is 0.414. The molecule has 0 amide bonds. The fourth-order valence-corrected chi connectivity index (χ4v) is 3.72. The molecule has 6 heteroatoms. The second-order valence-electron chi connectivity index (χ2n) is 6.67. The van der Waals surface area contributed by atoms with Gasteiger partial charge in [-0.1, -0.05) is 12.1 Å². The topological polar surface area (TPSA) is 50.7 Å². The van der Waals surface area contributed by atoms with E-state index in [0.717, 1.165) is 54.4 Å². The number of fused-ring (bicyclic) bond motifs is 1. The zero-order valence-corrected chi connectivity index (χ0v) is 16.0. The van der Waals surface area contributed by atoms with Crippen LogP contribution in [-0.2, 0) is 0 Å². The molecule has 0 bridgehead atoms. The fraction of sp³-hybridized carbons (Fsp3) is 0.333. The van der Waals surface area contributed by atoms with Gasteiger partial charge in [0.2, 0.25) is 0 Å². The maximum absolute atomic E-state index is 5.50. The summed E-state index contributed by atoms with van der Waals surface area (Å²) in [6.07, 6.45) is 3.74. The molecule has 1 aliphatic rings. The number of hydrogen-bond acceptors (Lipinski definition) is 6. The Morgan fingerprint density at radius 1 is 0.926 bits per heavy atom. The minimum Gasteiger partial charge on any atom is -0.497 e. The van der Waals surface area contributed by atoms with Crippen molar-refractivity contribution in [3.8, 4) is 11.5 Å². The highest BCUT2D eigenvalue weighted by atomic mass is 16.5. The molecule has 1 aliphatic heterocycles. The van der Waals surface area contributed by atoms with Crippen LogP contribution in [0.15, 0.2) is 42.7 Å². The van der Waals surface area contributed by atoms with E-state index in [1.165, 1.54) is 11.3 Å². The maximum Gasteiger partial charge on any atom is 0.145 e. The Morgan fingerprint density at radius 3 is 2.44 bits per heavy atom. The molecule has 0 atom stereocenters. The molecule has 0 N–H and O–H groups in total. The lowest BCUT2D eigenvalue weighted by Crippen LogP contribution is -2.47. The van der Waals surface area contributed by atoms with Crippen molar-refractivity contribution in [2.24, 2.45) is 0 Å². The quantitative estimate of drug-likeness (QED) is 0.708. The molecular weight excluding hydrogens is 340 g/mol. The molecule has 3 heterocycles. The van der Waals surface area contributed by atoms with E-state index in [1.807, 2.05) is 30.5 Å². The monoisotopic (exact) mass is 364 g/mol. The van der Waals surface area contributed by atoms with E-state index in [-0.39, 0.29) is 0 Å². The number of benzene rings is 1. The van der Waals surface area contributed by atoms with Crippen molar-refractivity contribution in [1.29, 1.82) is 0 Å². The molecule has 1 aromatic carbocycles. The van der Waals surface area contributed by atoms with Crippen molar-refractivity contribution in [1.82, 2.24) is 9.97 Å². The Kier molecular flexibility index (Phi) is 4.71. The van der Waals surface area contributed by atoms with Crippen LogP contribution in [0.2, 0.25) is 0 Å². The standard InChI is InChI=1S/C21H24N4O2/c1-15-14-23-20-17(5-4-6-18(20)27-3)21(15)25-11-9-24(10-12-25)19-13-16(26-2)7-8-22-19/h4-8,13-14H,9-12H2,1-3H3. The van der Waals surface area contributed by atoms with Crippen LogP contribution in [-0.4, -0.2) is 50.4 Å².